The summed E-state index contributed by atoms with van der Waals surface area (Å²) in [6, 6.07) is 6.36. The zero-order valence-electron chi connectivity index (χ0n) is 14.1. The summed E-state index contributed by atoms with van der Waals surface area (Å²) in [4.78, 5) is 19.4. The number of morpholine rings is 1. The Morgan fingerprint density at radius 1 is 1.38 bits per heavy atom. The molecule has 0 bridgehead atoms. The van der Waals surface area contributed by atoms with Crippen LogP contribution in [0.5, 0.6) is 0 Å². The van der Waals surface area contributed by atoms with Crippen molar-refractivity contribution in [1.82, 2.24) is 19.6 Å². The number of amides is 1. The molecule has 2 aromatic rings. The number of hydrogen-bond acceptors (Lipinski definition) is 4. The van der Waals surface area contributed by atoms with Gasteiger partial charge in [0, 0.05) is 31.9 Å². The minimum absolute atomic E-state index is 0.0119. The Kier molecular flexibility index (Phi) is 4.24. The van der Waals surface area contributed by atoms with Crippen molar-refractivity contribution < 1.29 is 9.53 Å². The Morgan fingerprint density at radius 3 is 2.92 bits per heavy atom. The molecule has 0 radical (unpaired) electrons. The van der Waals surface area contributed by atoms with E-state index in [4.69, 9.17) is 4.74 Å². The van der Waals surface area contributed by atoms with Crippen LogP contribution in [-0.2, 0) is 11.3 Å². The summed E-state index contributed by atoms with van der Waals surface area (Å²) in [5.41, 5.74) is 2.35. The maximum Gasteiger partial charge on any atom is 0.274 e. The van der Waals surface area contributed by atoms with Gasteiger partial charge in [-0.15, -0.1) is 0 Å². The fourth-order valence-electron chi connectivity index (χ4n) is 3.32. The molecule has 4 rings (SSSR count). The highest BCUT2D eigenvalue weighted by Crippen LogP contribution is 2.32. The first-order chi connectivity index (χ1) is 11.7. The van der Waals surface area contributed by atoms with E-state index in [1.165, 1.54) is 12.8 Å². The molecule has 6 nitrogen and oxygen atoms in total. The second-order valence-electron chi connectivity index (χ2n) is 6.75. The summed E-state index contributed by atoms with van der Waals surface area (Å²) in [5, 5.41) is 3.58. The van der Waals surface area contributed by atoms with Crippen LogP contribution < -0.4 is 5.32 Å². The molecule has 1 N–H and O–H groups in total. The smallest absolute Gasteiger partial charge is 0.274 e. The molecule has 0 unspecified atom stereocenters. The van der Waals surface area contributed by atoms with E-state index in [2.05, 4.69) is 17.2 Å². The van der Waals surface area contributed by atoms with E-state index < -0.39 is 0 Å². The summed E-state index contributed by atoms with van der Waals surface area (Å²) in [6.07, 6.45) is 4.60. The van der Waals surface area contributed by atoms with E-state index in [0.717, 1.165) is 17.3 Å². The fourth-order valence-corrected chi connectivity index (χ4v) is 3.32. The van der Waals surface area contributed by atoms with Crippen molar-refractivity contribution in [3.05, 3.63) is 35.8 Å². The molecule has 1 amide bonds. The first kappa shape index (κ1) is 15.6. The standard InChI is InChI=1S/C18H24N4O2/c1-13(14-5-6-14)19-12-15-17(18(23)21-8-10-24-11-9-21)20-16-4-2-3-7-22(15)16/h2-4,7,13-14,19H,5-6,8-12H2,1H3/t13-/m0/s1. The number of pyridine rings is 1. The number of rotatable bonds is 5. The molecule has 6 heteroatoms. The second-order valence-corrected chi connectivity index (χ2v) is 6.75. The van der Waals surface area contributed by atoms with E-state index in [1.54, 1.807) is 0 Å². The van der Waals surface area contributed by atoms with E-state index in [1.807, 2.05) is 33.7 Å². The molecule has 2 fully saturated rings. The topological polar surface area (TPSA) is 58.9 Å². The number of nitrogens with zero attached hydrogens (tertiary/aromatic N) is 3. The van der Waals surface area contributed by atoms with Gasteiger partial charge in [0.2, 0.25) is 0 Å². The van der Waals surface area contributed by atoms with Gasteiger partial charge >= 0.3 is 0 Å². The molecule has 3 heterocycles. The van der Waals surface area contributed by atoms with Crippen LogP contribution >= 0.6 is 0 Å². The second kappa shape index (κ2) is 6.53. The molecule has 1 atom stereocenters. The maximum absolute atomic E-state index is 12.9. The monoisotopic (exact) mass is 328 g/mol. The third-order valence-electron chi connectivity index (χ3n) is 5.05. The van der Waals surface area contributed by atoms with Gasteiger partial charge in [0.15, 0.2) is 5.69 Å². The van der Waals surface area contributed by atoms with Crippen LogP contribution in [-0.4, -0.2) is 52.5 Å². The Bertz CT molecular complexity index is 732. The summed E-state index contributed by atoms with van der Waals surface area (Å²) in [7, 11) is 0. The lowest BCUT2D eigenvalue weighted by Crippen LogP contribution is -2.41. The summed E-state index contributed by atoms with van der Waals surface area (Å²) in [5.74, 6) is 0.792. The van der Waals surface area contributed by atoms with E-state index in [-0.39, 0.29) is 5.91 Å². The predicted octanol–water partition coefficient (Wildman–Crippen LogP) is 1.69. The molecular weight excluding hydrogens is 304 g/mol. The number of hydrogen-bond donors (Lipinski definition) is 1. The molecule has 2 aromatic heterocycles. The molecule has 1 aliphatic carbocycles. The number of ether oxygens (including phenoxy) is 1. The Balaban J connectivity index is 1.62. The van der Waals surface area contributed by atoms with Crippen LogP contribution in [0, 0.1) is 5.92 Å². The van der Waals surface area contributed by atoms with Crippen molar-refractivity contribution in [2.75, 3.05) is 26.3 Å². The Labute approximate surface area is 141 Å². The highest BCUT2D eigenvalue weighted by atomic mass is 16.5. The quantitative estimate of drug-likeness (QED) is 0.907. The first-order valence-corrected chi connectivity index (χ1v) is 8.80. The molecular formula is C18H24N4O2. The largest absolute Gasteiger partial charge is 0.378 e. The summed E-state index contributed by atoms with van der Waals surface area (Å²) in [6.45, 7) is 5.37. The van der Waals surface area contributed by atoms with Gasteiger partial charge in [-0.1, -0.05) is 6.07 Å². The van der Waals surface area contributed by atoms with Crippen molar-refractivity contribution in [2.24, 2.45) is 5.92 Å². The number of carbonyl (C=O) groups is 1. The molecule has 1 saturated heterocycles. The van der Waals surface area contributed by atoms with Crippen LogP contribution in [0.2, 0.25) is 0 Å². The van der Waals surface area contributed by atoms with E-state index in [0.29, 0.717) is 44.6 Å². The predicted molar refractivity (Wildman–Crippen MR) is 90.9 cm³/mol. The molecule has 2 aliphatic rings. The van der Waals surface area contributed by atoms with Crippen LogP contribution in [0.3, 0.4) is 0 Å². The van der Waals surface area contributed by atoms with E-state index >= 15 is 0 Å². The van der Waals surface area contributed by atoms with Crippen molar-refractivity contribution in [3.8, 4) is 0 Å². The maximum atomic E-state index is 12.9. The number of fused-ring (bicyclic) bond motifs is 1. The zero-order chi connectivity index (χ0) is 16.5. The van der Waals surface area contributed by atoms with Crippen LogP contribution in [0.1, 0.15) is 35.9 Å². The van der Waals surface area contributed by atoms with Gasteiger partial charge in [0.05, 0.1) is 18.9 Å². The van der Waals surface area contributed by atoms with Crippen molar-refractivity contribution in [2.45, 2.75) is 32.4 Å². The van der Waals surface area contributed by atoms with Gasteiger partial charge in [0.25, 0.3) is 5.91 Å². The SMILES string of the molecule is C[C@H](NCc1c(C(=O)N2CCOCC2)nc2ccccn12)C1CC1. The molecule has 1 aliphatic heterocycles. The van der Waals surface area contributed by atoms with Crippen molar-refractivity contribution in [3.63, 3.8) is 0 Å². The Morgan fingerprint density at radius 2 is 2.17 bits per heavy atom. The van der Waals surface area contributed by atoms with Crippen molar-refractivity contribution >= 4 is 11.6 Å². The summed E-state index contributed by atoms with van der Waals surface area (Å²) >= 11 is 0. The molecule has 0 aromatic carbocycles. The fraction of sp³-hybridized carbons (Fsp3) is 0.556. The third kappa shape index (κ3) is 3.03. The highest BCUT2D eigenvalue weighted by Gasteiger charge is 2.29. The number of imidazole rings is 1. The van der Waals surface area contributed by atoms with Gasteiger partial charge in [-0.25, -0.2) is 4.98 Å². The number of nitrogens with one attached hydrogen (secondary N) is 1. The minimum atomic E-state index is 0.0119. The molecule has 24 heavy (non-hydrogen) atoms. The van der Waals surface area contributed by atoms with Gasteiger partial charge in [-0.2, -0.15) is 0 Å². The third-order valence-corrected chi connectivity index (χ3v) is 5.05. The average molecular weight is 328 g/mol. The molecule has 128 valence electrons. The minimum Gasteiger partial charge on any atom is -0.378 e. The number of carbonyl (C=O) groups excluding carboxylic acids is 1. The lowest BCUT2D eigenvalue weighted by molar-refractivity contribution is 0.0298. The summed E-state index contributed by atoms with van der Waals surface area (Å²) < 4.78 is 7.38. The molecule has 1 saturated carbocycles. The van der Waals surface area contributed by atoms with Gasteiger partial charge in [-0.3, -0.25) is 4.79 Å². The first-order valence-electron chi connectivity index (χ1n) is 8.80. The van der Waals surface area contributed by atoms with Gasteiger partial charge in [0.1, 0.15) is 5.65 Å². The van der Waals surface area contributed by atoms with Crippen LogP contribution in [0.25, 0.3) is 5.65 Å². The van der Waals surface area contributed by atoms with E-state index in [9.17, 15) is 4.79 Å². The number of aromatic nitrogens is 2. The molecule has 0 spiro atoms. The van der Waals surface area contributed by atoms with Crippen LogP contribution in [0.4, 0.5) is 0 Å². The van der Waals surface area contributed by atoms with Gasteiger partial charge < -0.3 is 19.4 Å². The normalized spacial score (nSPS) is 19.6. The highest BCUT2D eigenvalue weighted by molar-refractivity contribution is 5.94. The van der Waals surface area contributed by atoms with Crippen molar-refractivity contribution in [1.29, 1.82) is 0 Å². The Hall–Kier alpha value is -1.92. The lowest BCUT2D eigenvalue weighted by Gasteiger charge is -2.26. The van der Waals surface area contributed by atoms with Gasteiger partial charge in [-0.05, 0) is 37.8 Å². The van der Waals surface area contributed by atoms with Crippen LogP contribution in [0.15, 0.2) is 24.4 Å². The lowest BCUT2D eigenvalue weighted by atomic mass is 10.2. The average Bonchev–Trinajstić information content (AvgIpc) is 3.41. The zero-order valence-corrected chi connectivity index (χ0v) is 14.1.